The lowest BCUT2D eigenvalue weighted by molar-refractivity contribution is -0.136. The Bertz CT molecular complexity index is 1590. The summed E-state index contributed by atoms with van der Waals surface area (Å²) in [6.07, 6.45) is 1.75. The summed E-state index contributed by atoms with van der Waals surface area (Å²) in [4.78, 5) is 31.6. The monoisotopic (exact) mass is 517 g/mol. The first kappa shape index (κ1) is 25.9. The second-order valence-corrected chi connectivity index (χ2v) is 9.76. The van der Waals surface area contributed by atoms with Crippen LogP contribution in [0.2, 0.25) is 0 Å². The molecular weight excluding hydrogens is 490 g/mol. The Morgan fingerprint density at radius 3 is 2.54 bits per heavy atom. The molecule has 2 aromatic carbocycles. The van der Waals surface area contributed by atoms with Gasteiger partial charge in [0.25, 0.3) is 5.56 Å². The van der Waals surface area contributed by atoms with E-state index in [1.807, 2.05) is 30.3 Å². The van der Waals surface area contributed by atoms with Gasteiger partial charge in [-0.3, -0.25) is 9.36 Å². The molecule has 0 radical (unpaired) electrons. The van der Waals surface area contributed by atoms with Crippen LogP contribution in [0.15, 0.2) is 63.5 Å². The van der Waals surface area contributed by atoms with Gasteiger partial charge in [0, 0.05) is 0 Å². The standard InChI is InChI=1S/C28H27N3O5S/c1-16(2)19-7-9-20(10-8-19)25-24(27(33)35-5)17(3)30-28-31(25)26(32)23(37-28)15-18-6-11-21(36-13-12-29)22(14-18)34-4/h6-11,14-16,25H,13H2,1-5H3/b23-15+. The molecule has 4 rings (SSSR count). The predicted molar refractivity (Wildman–Crippen MR) is 140 cm³/mol. The third-order valence-electron chi connectivity index (χ3n) is 6.12. The van der Waals surface area contributed by atoms with Crippen molar-refractivity contribution in [3.05, 3.63) is 90.1 Å². The average Bonchev–Trinajstić information content (AvgIpc) is 3.20. The molecule has 1 unspecified atom stereocenters. The second kappa shape index (κ2) is 10.8. The zero-order chi connectivity index (χ0) is 26.7. The highest BCUT2D eigenvalue weighted by Gasteiger charge is 2.33. The smallest absolute Gasteiger partial charge is 0.338 e. The molecule has 8 nitrogen and oxygen atoms in total. The van der Waals surface area contributed by atoms with Crippen LogP contribution in [0, 0.1) is 11.3 Å². The Labute approximate surface area is 218 Å². The Kier molecular flexibility index (Phi) is 7.60. The first-order chi connectivity index (χ1) is 17.8. The number of fused-ring (bicyclic) bond motifs is 1. The fourth-order valence-electron chi connectivity index (χ4n) is 4.23. The highest BCUT2D eigenvalue weighted by atomic mass is 32.1. The van der Waals surface area contributed by atoms with E-state index in [2.05, 4.69) is 18.8 Å². The van der Waals surface area contributed by atoms with Crippen molar-refractivity contribution in [1.82, 2.24) is 4.57 Å². The molecule has 1 aliphatic heterocycles. The predicted octanol–water partition coefficient (Wildman–Crippen LogP) is 3.44. The van der Waals surface area contributed by atoms with Gasteiger partial charge in [0.05, 0.1) is 36.1 Å². The largest absolute Gasteiger partial charge is 0.493 e. The van der Waals surface area contributed by atoms with E-state index in [9.17, 15) is 9.59 Å². The van der Waals surface area contributed by atoms with Crippen molar-refractivity contribution in [2.75, 3.05) is 20.8 Å². The maximum Gasteiger partial charge on any atom is 0.338 e. The van der Waals surface area contributed by atoms with E-state index in [-0.39, 0.29) is 12.2 Å². The number of carbonyl (C=O) groups excluding carboxylic acids is 1. The maximum absolute atomic E-state index is 13.7. The minimum atomic E-state index is -0.664. The number of nitriles is 1. The number of hydrogen-bond donors (Lipinski definition) is 0. The van der Waals surface area contributed by atoms with Gasteiger partial charge in [0.2, 0.25) is 0 Å². The molecule has 0 spiro atoms. The molecule has 1 aromatic heterocycles. The summed E-state index contributed by atoms with van der Waals surface area (Å²) in [7, 11) is 2.83. The third kappa shape index (κ3) is 5.06. The number of rotatable bonds is 7. The van der Waals surface area contributed by atoms with Crippen molar-refractivity contribution in [3.63, 3.8) is 0 Å². The average molecular weight is 518 g/mol. The molecule has 0 fully saturated rings. The lowest BCUT2D eigenvalue weighted by Gasteiger charge is -2.24. The number of nitrogens with zero attached hydrogens (tertiary/aromatic N) is 3. The molecule has 190 valence electrons. The van der Waals surface area contributed by atoms with E-state index in [4.69, 9.17) is 19.5 Å². The number of benzene rings is 2. The van der Waals surface area contributed by atoms with Crippen LogP contribution >= 0.6 is 11.3 Å². The summed E-state index contributed by atoms with van der Waals surface area (Å²) in [6.45, 7) is 5.87. The number of aromatic nitrogens is 1. The number of thiazole rings is 1. The third-order valence-corrected chi connectivity index (χ3v) is 7.11. The highest BCUT2D eigenvalue weighted by molar-refractivity contribution is 7.07. The molecule has 0 saturated carbocycles. The number of ether oxygens (including phenoxy) is 3. The molecule has 0 N–H and O–H groups in total. The summed E-state index contributed by atoms with van der Waals surface area (Å²) in [5, 5.41) is 8.78. The number of allylic oxidation sites excluding steroid dienone is 1. The lowest BCUT2D eigenvalue weighted by atomic mass is 9.93. The first-order valence-corrected chi connectivity index (χ1v) is 12.5. The van der Waals surface area contributed by atoms with Gasteiger partial charge < -0.3 is 14.2 Å². The highest BCUT2D eigenvalue weighted by Crippen LogP contribution is 2.32. The summed E-state index contributed by atoms with van der Waals surface area (Å²) >= 11 is 1.25. The van der Waals surface area contributed by atoms with Crippen molar-refractivity contribution in [3.8, 4) is 17.6 Å². The van der Waals surface area contributed by atoms with Crippen LogP contribution < -0.4 is 24.4 Å². The van der Waals surface area contributed by atoms with Crippen molar-refractivity contribution >= 4 is 23.4 Å². The summed E-state index contributed by atoms with van der Waals surface area (Å²) in [5.41, 5.74) is 3.25. The molecule has 1 atom stereocenters. The Balaban J connectivity index is 1.87. The van der Waals surface area contributed by atoms with Gasteiger partial charge in [-0.05, 0) is 47.7 Å². The van der Waals surface area contributed by atoms with Gasteiger partial charge in [-0.15, -0.1) is 0 Å². The van der Waals surface area contributed by atoms with E-state index in [0.717, 1.165) is 11.1 Å². The lowest BCUT2D eigenvalue weighted by Crippen LogP contribution is -2.39. The van der Waals surface area contributed by atoms with Gasteiger partial charge in [-0.2, -0.15) is 5.26 Å². The van der Waals surface area contributed by atoms with Crippen molar-refractivity contribution in [1.29, 1.82) is 5.26 Å². The van der Waals surface area contributed by atoms with Gasteiger partial charge in [-0.1, -0.05) is 55.5 Å². The van der Waals surface area contributed by atoms with E-state index < -0.39 is 12.0 Å². The van der Waals surface area contributed by atoms with Crippen LogP contribution in [0.1, 0.15) is 49.4 Å². The van der Waals surface area contributed by atoms with Gasteiger partial charge in [0.15, 0.2) is 22.9 Å². The molecule has 0 bridgehead atoms. The van der Waals surface area contributed by atoms with Crippen molar-refractivity contribution in [2.24, 2.45) is 4.99 Å². The maximum atomic E-state index is 13.7. The molecular formula is C28H27N3O5S. The van der Waals surface area contributed by atoms with Crippen molar-refractivity contribution in [2.45, 2.75) is 32.7 Å². The Morgan fingerprint density at radius 2 is 1.92 bits per heavy atom. The summed E-state index contributed by atoms with van der Waals surface area (Å²) in [5.74, 6) is 0.711. The molecule has 37 heavy (non-hydrogen) atoms. The number of carbonyl (C=O) groups is 1. The number of esters is 1. The quantitative estimate of drug-likeness (QED) is 0.445. The van der Waals surface area contributed by atoms with Gasteiger partial charge >= 0.3 is 5.97 Å². The SMILES string of the molecule is COC(=O)C1=C(C)N=c2s/c(=C/c3ccc(OCC#N)c(OC)c3)c(=O)n2C1c1ccc(C(C)C)cc1. The van der Waals surface area contributed by atoms with E-state index in [1.54, 1.807) is 35.8 Å². The second-order valence-electron chi connectivity index (χ2n) is 8.75. The molecule has 9 heteroatoms. The van der Waals surface area contributed by atoms with Crippen LogP contribution in [-0.4, -0.2) is 31.4 Å². The molecule has 1 aliphatic rings. The number of methoxy groups -OCH3 is 2. The van der Waals surface area contributed by atoms with Gasteiger partial charge in [-0.25, -0.2) is 9.79 Å². The Hall–Kier alpha value is -4.16. The molecule has 0 amide bonds. The summed E-state index contributed by atoms with van der Waals surface area (Å²) in [6, 6.07) is 14.4. The fraction of sp³-hybridized carbons (Fsp3) is 0.286. The van der Waals surface area contributed by atoms with E-state index in [0.29, 0.717) is 43.6 Å². The molecule has 0 saturated heterocycles. The normalized spacial score (nSPS) is 15.2. The van der Waals surface area contributed by atoms with Crippen LogP contribution in [0.5, 0.6) is 11.5 Å². The van der Waals surface area contributed by atoms with E-state index in [1.165, 1.54) is 25.6 Å². The summed E-state index contributed by atoms with van der Waals surface area (Å²) < 4.78 is 17.9. The fourth-order valence-corrected chi connectivity index (χ4v) is 5.27. The minimum absolute atomic E-state index is 0.103. The van der Waals surface area contributed by atoms with E-state index >= 15 is 0 Å². The van der Waals surface area contributed by atoms with Crippen LogP contribution in [0.4, 0.5) is 0 Å². The van der Waals surface area contributed by atoms with Crippen LogP contribution in [0.25, 0.3) is 6.08 Å². The zero-order valence-corrected chi connectivity index (χ0v) is 22.1. The first-order valence-electron chi connectivity index (χ1n) is 11.7. The van der Waals surface area contributed by atoms with Gasteiger partial charge in [0.1, 0.15) is 6.07 Å². The molecule has 0 aliphatic carbocycles. The number of hydrogen-bond acceptors (Lipinski definition) is 8. The minimum Gasteiger partial charge on any atom is -0.493 e. The zero-order valence-electron chi connectivity index (χ0n) is 21.3. The Morgan fingerprint density at radius 1 is 1.19 bits per heavy atom. The van der Waals surface area contributed by atoms with Crippen LogP contribution in [0.3, 0.4) is 0 Å². The van der Waals surface area contributed by atoms with Crippen molar-refractivity contribution < 1.29 is 19.0 Å². The topological polar surface area (TPSA) is 103 Å². The molecule has 3 aromatic rings. The van der Waals surface area contributed by atoms with Crippen LogP contribution in [-0.2, 0) is 9.53 Å². The molecule has 2 heterocycles.